The van der Waals surface area contributed by atoms with Gasteiger partial charge in [-0.25, -0.2) is 0 Å². The number of hydrogen-bond acceptors (Lipinski definition) is 2. The van der Waals surface area contributed by atoms with E-state index in [1.54, 1.807) is 0 Å². The lowest BCUT2D eigenvalue weighted by atomic mass is 10.1. The molecule has 0 aliphatic carbocycles. The molecule has 1 aromatic rings. The minimum atomic E-state index is 0. The van der Waals surface area contributed by atoms with Gasteiger partial charge in [0, 0.05) is 12.2 Å². The Morgan fingerprint density at radius 3 is 2.59 bits per heavy atom. The molecule has 0 atom stereocenters. The average molecular weight is 240 g/mol. The van der Waals surface area contributed by atoms with Gasteiger partial charge in [-0.1, -0.05) is 26.0 Å². The van der Waals surface area contributed by atoms with Gasteiger partial charge < -0.3 is 11.1 Å². The van der Waals surface area contributed by atoms with Gasteiger partial charge in [-0.15, -0.1) is 0 Å². The Labute approximate surface area is 104 Å². The minimum absolute atomic E-state index is 0. The van der Waals surface area contributed by atoms with E-state index in [2.05, 4.69) is 44.3 Å². The van der Waals surface area contributed by atoms with Crippen molar-refractivity contribution in [3.63, 3.8) is 0 Å². The zero-order chi connectivity index (χ0) is 12.0. The fourth-order valence-electron chi connectivity index (χ4n) is 1.74. The molecule has 0 fully saturated rings. The molecule has 0 amide bonds. The lowest BCUT2D eigenvalue weighted by Crippen LogP contribution is -2.01. The van der Waals surface area contributed by atoms with Gasteiger partial charge in [0.2, 0.25) is 0 Å². The van der Waals surface area contributed by atoms with Gasteiger partial charge in [0.05, 0.1) is 0 Å². The van der Waals surface area contributed by atoms with E-state index in [1.165, 1.54) is 23.2 Å². The second kappa shape index (κ2) is 8.07. The van der Waals surface area contributed by atoms with Crippen molar-refractivity contribution in [2.75, 3.05) is 18.4 Å². The number of anilines is 1. The molecule has 1 heterocycles. The fraction of sp³-hybridized carbons (Fsp3) is 0.571. The number of benzene rings is 1. The largest absolute Gasteiger partial charge is 0.384 e. The van der Waals surface area contributed by atoms with Crippen molar-refractivity contribution in [3.05, 3.63) is 29.3 Å². The Hall–Kier alpha value is -1.09. The zero-order valence-corrected chi connectivity index (χ0v) is 11.1. The number of hydrogen-bond donors (Lipinski definition) is 2. The Morgan fingerprint density at radius 2 is 2.06 bits per heavy atom. The van der Waals surface area contributed by atoms with Crippen LogP contribution in [-0.4, -0.2) is 13.1 Å². The first kappa shape index (κ1) is 15.9. The van der Waals surface area contributed by atoms with Gasteiger partial charge in [-0.2, -0.15) is 0 Å². The van der Waals surface area contributed by atoms with E-state index in [0.29, 0.717) is 0 Å². The lowest BCUT2D eigenvalue weighted by molar-refractivity contribution is 0.596. The summed E-state index contributed by atoms with van der Waals surface area (Å²) >= 11 is 0. The SMILES string of the molecule is CC(C)CCN.Cc1ccc2c(c1)NCC2.F. The maximum absolute atomic E-state index is 5.23. The molecular weight excluding hydrogens is 215 g/mol. The van der Waals surface area contributed by atoms with Crippen LogP contribution in [0.25, 0.3) is 0 Å². The smallest absolute Gasteiger partial charge is 0.0376 e. The van der Waals surface area contributed by atoms with Gasteiger partial charge in [-0.05, 0) is 49.4 Å². The van der Waals surface area contributed by atoms with Crippen molar-refractivity contribution >= 4 is 5.69 Å². The number of fused-ring (bicyclic) bond motifs is 1. The molecule has 0 spiro atoms. The molecule has 1 aromatic carbocycles. The van der Waals surface area contributed by atoms with Gasteiger partial charge in [0.15, 0.2) is 0 Å². The number of rotatable bonds is 2. The Bertz CT molecular complexity index is 324. The van der Waals surface area contributed by atoms with Crippen LogP contribution in [0.15, 0.2) is 18.2 Å². The van der Waals surface area contributed by atoms with Crippen molar-refractivity contribution in [3.8, 4) is 0 Å². The summed E-state index contributed by atoms with van der Waals surface area (Å²) in [5.74, 6) is 0.773. The Kier molecular flexibility index (Phi) is 7.55. The Balaban J connectivity index is 0.000000324. The summed E-state index contributed by atoms with van der Waals surface area (Å²) in [6.07, 6.45) is 2.34. The molecule has 1 aliphatic heterocycles. The third-order valence-corrected chi connectivity index (χ3v) is 2.72. The monoisotopic (exact) mass is 240 g/mol. The van der Waals surface area contributed by atoms with Gasteiger partial charge in [-0.3, -0.25) is 4.70 Å². The molecule has 2 rings (SSSR count). The first-order valence-corrected chi connectivity index (χ1v) is 6.17. The van der Waals surface area contributed by atoms with E-state index in [9.17, 15) is 0 Å². The summed E-state index contributed by atoms with van der Waals surface area (Å²) in [5.41, 5.74) is 9.37. The van der Waals surface area contributed by atoms with E-state index in [-0.39, 0.29) is 4.70 Å². The van der Waals surface area contributed by atoms with E-state index >= 15 is 0 Å². The van der Waals surface area contributed by atoms with Crippen LogP contribution in [0.1, 0.15) is 31.4 Å². The quantitative estimate of drug-likeness (QED) is 0.833. The third-order valence-electron chi connectivity index (χ3n) is 2.72. The van der Waals surface area contributed by atoms with Gasteiger partial charge in [0.1, 0.15) is 0 Å². The predicted octanol–water partition coefficient (Wildman–Crippen LogP) is 3.11. The summed E-state index contributed by atoms with van der Waals surface area (Å²) < 4.78 is 0. The third kappa shape index (κ3) is 5.68. The molecular formula is C14H25FN2. The van der Waals surface area contributed by atoms with Crippen LogP contribution in [0, 0.1) is 12.8 Å². The molecule has 0 aromatic heterocycles. The number of aryl methyl sites for hydroxylation is 1. The highest BCUT2D eigenvalue weighted by molar-refractivity contribution is 5.56. The number of nitrogens with two attached hydrogens (primary N) is 1. The number of nitrogens with one attached hydrogen (secondary N) is 1. The molecule has 0 radical (unpaired) electrons. The van der Waals surface area contributed by atoms with E-state index < -0.39 is 0 Å². The molecule has 0 saturated heterocycles. The van der Waals surface area contributed by atoms with Crippen LogP contribution in [0.2, 0.25) is 0 Å². The van der Waals surface area contributed by atoms with Crippen LogP contribution in [0.5, 0.6) is 0 Å². The minimum Gasteiger partial charge on any atom is -0.384 e. The van der Waals surface area contributed by atoms with Crippen LogP contribution < -0.4 is 11.1 Å². The van der Waals surface area contributed by atoms with E-state index in [0.717, 1.165) is 25.4 Å². The molecule has 0 saturated carbocycles. The predicted molar refractivity (Wildman–Crippen MR) is 74.4 cm³/mol. The second-order valence-corrected chi connectivity index (χ2v) is 4.81. The normalized spacial score (nSPS) is 12.1. The molecule has 0 bridgehead atoms. The maximum atomic E-state index is 5.23. The standard InChI is InChI=1S/C9H11N.C5H13N.FH/c1-7-2-3-8-4-5-10-9(8)6-7;1-5(2)3-4-6;/h2-3,6,10H,4-5H2,1H3;5H,3-4,6H2,1-2H3;1H. The molecule has 2 nitrogen and oxygen atoms in total. The van der Waals surface area contributed by atoms with Gasteiger partial charge >= 0.3 is 0 Å². The van der Waals surface area contributed by atoms with Crippen LogP contribution in [-0.2, 0) is 6.42 Å². The summed E-state index contributed by atoms with van der Waals surface area (Å²) in [6, 6.07) is 6.60. The van der Waals surface area contributed by atoms with E-state index in [4.69, 9.17) is 5.73 Å². The molecule has 0 unspecified atom stereocenters. The van der Waals surface area contributed by atoms with Crippen LogP contribution >= 0.6 is 0 Å². The van der Waals surface area contributed by atoms with Crippen molar-refractivity contribution in [2.45, 2.75) is 33.6 Å². The highest BCUT2D eigenvalue weighted by Gasteiger charge is 2.07. The lowest BCUT2D eigenvalue weighted by Gasteiger charge is -1.98. The number of halogens is 1. The van der Waals surface area contributed by atoms with Gasteiger partial charge in [0.25, 0.3) is 0 Å². The molecule has 3 N–H and O–H groups in total. The van der Waals surface area contributed by atoms with Crippen molar-refractivity contribution in [2.24, 2.45) is 11.7 Å². The fourth-order valence-corrected chi connectivity index (χ4v) is 1.74. The first-order chi connectivity index (χ1) is 7.63. The topological polar surface area (TPSA) is 38.0 Å². The molecule has 17 heavy (non-hydrogen) atoms. The summed E-state index contributed by atoms with van der Waals surface area (Å²) in [7, 11) is 0. The second-order valence-electron chi connectivity index (χ2n) is 4.81. The highest BCUT2D eigenvalue weighted by Crippen LogP contribution is 2.22. The highest BCUT2D eigenvalue weighted by atomic mass is 19.0. The molecule has 1 aliphatic rings. The molecule has 3 heteroatoms. The summed E-state index contributed by atoms with van der Waals surface area (Å²) in [6.45, 7) is 8.41. The Morgan fingerprint density at radius 1 is 1.35 bits per heavy atom. The van der Waals surface area contributed by atoms with Crippen LogP contribution in [0.4, 0.5) is 10.4 Å². The molecule has 98 valence electrons. The van der Waals surface area contributed by atoms with Crippen molar-refractivity contribution in [1.82, 2.24) is 0 Å². The van der Waals surface area contributed by atoms with Crippen LogP contribution in [0.3, 0.4) is 0 Å². The zero-order valence-electron chi connectivity index (χ0n) is 11.1. The summed E-state index contributed by atoms with van der Waals surface area (Å²) in [5, 5.41) is 3.34. The van der Waals surface area contributed by atoms with E-state index in [1.807, 2.05) is 0 Å². The maximum Gasteiger partial charge on any atom is 0.0376 e. The summed E-state index contributed by atoms with van der Waals surface area (Å²) in [4.78, 5) is 0. The average Bonchev–Trinajstić information content (AvgIpc) is 2.65. The van der Waals surface area contributed by atoms with Crippen molar-refractivity contribution in [1.29, 1.82) is 0 Å². The first-order valence-electron chi connectivity index (χ1n) is 6.17. The van der Waals surface area contributed by atoms with Crippen molar-refractivity contribution < 1.29 is 4.70 Å².